The number of hydrogen-bond acceptors (Lipinski definition) is 5. The highest BCUT2D eigenvalue weighted by Crippen LogP contribution is 2.22. The lowest BCUT2D eigenvalue weighted by atomic mass is 9.98. The third kappa shape index (κ3) is 10.4. The summed E-state index contributed by atoms with van der Waals surface area (Å²) in [5, 5.41) is 16.2. The molecule has 1 saturated carbocycles. The van der Waals surface area contributed by atoms with Gasteiger partial charge in [-0.3, -0.25) is 24.9 Å². The number of nitriles is 1. The van der Waals surface area contributed by atoms with Crippen molar-refractivity contribution < 1.29 is 9.63 Å². The number of hydrogen-bond donors (Lipinski definition) is 2. The predicted octanol–water partition coefficient (Wildman–Crippen LogP) is 5.21. The lowest BCUT2D eigenvalue weighted by molar-refractivity contribution is -0.210. The number of aliphatic imine (C=N–C) groups is 1. The molecule has 2 aromatic rings. The van der Waals surface area contributed by atoms with Crippen molar-refractivity contribution in [3.05, 3.63) is 60.4 Å². The molecule has 1 aliphatic rings. The molecule has 0 spiro atoms. The minimum Gasteiger partial charge on any atom is -0.325 e. The zero-order valence-electron chi connectivity index (χ0n) is 21.1. The summed E-state index contributed by atoms with van der Waals surface area (Å²) in [5.74, 6) is 0.504. The lowest BCUT2D eigenvalue weighted by Crippen LogP contribution is -2.37. The van der Waals surface area contributed by atoms with Gasteiger partial charge in [-0.15, -0.1) is 0 Å². The van der Waals surface area contributed by atoms with E-state index in [0.29, 0.717) is 25.5 Å². The zero-order chi connectivity index (χ0) is 25.3. The minimum absolute atomic E-state index is 0.0802. The molecule has 0 aliphatic heterocycles. The molecule has 3 rings (SSSR count). The summed E-state index contributed by atoms with van der Waals surface area (Å²) in [4.78, 5) is 27.6. The van der Waals surface area contributed by atoms with Crippen molar-refractivity contribution >= 4 is 17.6 Å². The largest absolute Gasteiger partial charge is 0.325 e. The maximum Gasteiger partial charge on any atom is 0.246 e. The fourth-order valence-electron chi connectivity index (χ4n) is 4.25. The van der Waals surface area contributed by atoms with Gasteiger partial charge in [0, 0.05) is 31.0 Å². The molecule has 2 N–H and O–H groups in total. The molecule has 0 atom stereocenters. The van der Waals surface area contributed by atoms with Gasteiger partial charge < -0.3 is 5.32 Å². The van der Waals surface area contributed by atoms with Crippen LogP contribution in [0.1, 0.15) is 69.8 Å². The van der Waals surface area contributed by atoms with Crippen LogP contribution in [0, 0.1) is 11.5 Å². The second kappa shape index (κ2) is 16.3. The number of amides is 1. The van der Waals surface area contributed by atoms with E-state index in [1.807, 2.05) is 36.5 Å². The van der Waals surface area contributed by atoms with E-state index in [9.17, 15) is 4.79 Å². The van der Waals surface area contributed by atoms with E-state index in [1.54, 1.807) is 17.5 Å². The predicted molar refractivity (Wildman–Crippen MR) is 142 cm³/mol. The van der Waals surface area contributed by atoms with Gasteiger partial charge in [0.05, 0.1) is 12.6 Å². The molecule has 1 aliphatic carbocycles. The summed E-state index contributed by atoms with van der Waals surface area (Å²) >= 11 is 0. The van der Waals surface area contributed by atoms with Gasteiger partial charge in [-0.25, -0.2) is 5.06 Å². The van der Waals surface area contributed by atoms with Gasteiger partial charge >= 0.3 is 0 Å². The monoisotopic (exact) mass is 490 g/mol. The topological polar surface area (TPSA) is 103 Å². The van der Waals surface area contributed by atoms with Gasteiger partial charge in [0.25, 0.3) is 0 Å². The number of hydroxylamine groups is 2. The Morgan fingerprint density at radius 2 is 1.81 bits per heavy atom. The Labute approximate surface area is 214 Å². The standard InChI is InChI=1S/C28H38N6O2/c29-23-32-28(33-25-16-20-30-21-17-25)31-19-10-2-1-9-15-27(35)34(36-26-13-7-4-8-14-26)22-18-24-11-5-3-6-12-24/h3,5-6,11-12,16-17,20-21,26H,1-2,4,7-10,13-15,18-19,22H2,(H2,30,31,32,33). The number of anilines is 1. The first-order chi connectivity index (χ1) is 17.7. The summed E-state index contributed by atoms with van der Waals surface area (Å²) in [7, 11) is 0. The molecular weight excluding hydrogens is 452 g/mol. The Hall–Kier alpha value is -3.44. The van der Waals surface area contributed by atoms with E-state index < -0.39 is 0 Å². The Bertz CT molecular complexity index is 955. The van der Waals surface area contributed by atoms with Crippen LogP contribution in [0.2, 0.25) is 0 Å². The number of rotatable bonds is 13. The molecule has 1 heterocycles. The molecule has 36 heavy (non-hydrogen) atoms. The maximum atomic E-state index is 13.0. The fourth-order valence-corrected chi connectivity index (χ4v) is 4.25. The van der Waals surface area contributed by atoms with E-state index in [4.69, 9.17) is 10.1 Å². The van der Waals surface area contributed by atoms with E-state index in [-0.39, 0.29) is 12.0 Å². The Morgan fingerprint density at radius 3 is 2.56 bits per heavy atom. The van der Waals surface area contributed by atoms with Crippen LogP contribution in [0.3, 0.4) is 0 Å². The van der Waals surface area contributed by atoms with Crippen molar-refractivity contribution in [3.8, 4) is 6.19 Å². The molecule has 0 unspecified atom stereocenters. The fraction of sp³-hybridized carbons (Fsp3) is 0.500. The van der Waals surface area contributed by atoms with E-state index in [0.717, 1.165) is 50.6 Å². The lowest BCUT2D eigenvalue weighted by Gasteiger charge is -2.29. The molecule has 0 bridgehead atoms. The molecule has 192 valence electrons. The normalized spacial score (nSPS) is 14.1. The number of benzene rings is 1. The van der Waals surface area contributed by atoms with Crippen molar-refractivity contribution in [1.82, 2.24) is 15.4 Å². The molecule has 0 radical (unpaired) electrons. The summed E-state index contributed by atoms with van der Waals surface area (Å²) in [5.41, 5.74) is 2.03. The average molecular weight is 491 g/mol. The van der Waals surface area contributed by atoms with Crippen molar-refractivity contribution in [2.75, 3.05) is 18.4 Å². The molecular formula is C28H38N6O2. The van der Waals surface area contributed by atoms with Crippen LogP contribution < -0.4 is 10.6 Å². The number of carbonyl (C=O) groups excluding carboxylic acids is 1. The van der Waals surface area contributed by atoms with Crippen LogP contribution in [0.4, 0.5) is 5.69 Å². The SMILES string of the molecule is N#CNC(=NCCCCCCC(=O)N(CCc1ccccc1)OC1CCCCC1)Nc1ccncc1. The number of pyridine rings is 1. The molecule has 1 aromatic carbocycles. The molecule has 1 aromatic heterocycles. The third-order valence-corrected chi connectivity index (χ3v) is 6.24. The zero-order valence-corrected chi connectivity index (χ0v) is 21.1. The molecule has 0 saturated heterocycles. The van der Waals surface area contributed by atoms with Gasteiger partial charge in [0.1, 0.15) is 0 Å². The smallest absolute Gasteiger partial charge is 0.246 e. The molecule has 8 nitrogen and oxygen atoms in total. The highest BCUT2D eigenvalue weighted by molar-refractivity contribution is 5.94. The summed E-state index contributed by atoms with van der Waals surface area (Å²) in [6.07, 6.45) is 16.0. The number of nitrogens with zero attached hydrogens (tertiary/aromatic N) is 4. The highest BCUT2D eigenvalue weighted by atomic mass is 16.7. The number of carbonyl (C=O) groups is 1. The molecule has 1 amide bonds. The molecule has 8 heteroatoms. The Morgan fingerprint density at radius 1 is 1.06 bits per heavy atom. The summed E-state index contributed by atoms with van der Waals surface area (Å²) in [6.45, 7) is 1.19. The first-order valence-corrected chi connectivity index (χ1v) is 13.1. The van der Waals surface area contributed by atoms with Gasteiger partial charge in [0.15, 0.2) is 6.19 Å². The highest BCUT2D eigenvalue weighted by Gasteiger charge is 2.21. The number of nitrogens with one attached hydrogen (secondary N) is 2. The van der Waals surface area contributed by atoms with Crippen LogP contribution in [-0.4, -0.2) is 41.1 Å². The van der Waals surface area contributed by atoms with Gasteiger partial charge in [0.2, 0.25) is 11.9 Å². The first-order valence-electron chi connectivity index (χ1n) is 13.1. The van der Waals surface area contributed by atoms with Gasteiger partial charge in [-0.05, 0) is 49.8 Å². The van der Waals surface area contributed by atoms with Crippen LogP contribution >= 0.6 is 0 Å². The quantitative estimate of drug-likeness (QED) is 0.0998. The van der Waals surface area contributed by atoms with E-state index >= 15 is 0 Å². The summed E-state index contributed by atoms with van der Waals surface area (Å²) in [6, 6.07) is 13.9. The van der Waals surface area contributed by atoms with E-state index in [2.05, 4.69) is 32.7 Å². The number of unbranched alkanes of at least 4 members (excludes halogenated alkanes) is 3. The van der Waals surface area contributed by atoms with Gasteiger partial charge in [-0.1, -0.05) is 62.4 Å². The number of guanidine groups is 1. The van der Waals surface area contributed by atoms with Gasteiger partial charge in [-0.2, -0.15) is 5.26 Å². The minimum atomic E-state index is 0.0802. The van der Waals surface area contributed by atoms with Crippen LogP contribution in [-0.2, 0) is 16.1 Å². The van der Waals surface area contributed by atoms with Crippen LogP contribution in [0.5, 0.6) is 0 Å². The van der Waals surface area contributed by atoms with Crippen molar-refractivity contribution in [2.45, 2.75) is 76.7 Å². The third-order valence-electron chi connectivity index (χ3n) is 6.24. The van der Waals surface area contributed by atoms with Crippen molar-refractivity contribution in [1.29, 1.82) is 5.26 Å². The Kier molecular flexibility index (Phi) is 12.3. The van der Waals surface area contributed by atoms with Crippen LogP contribution in [0.25, 0.3) is 0 Å². The second-order valence-corrected chi connectivity index (χ2v) is 9.09. The Balaban J connectivity index is 1.38. The molecule has 1 fully saturated rings. The average Bonchev–Trinajstić information content (AvgIpc) is 2.92. The second-order valence-electron chi connectivity index (χ2n) is 9.09. The summed E-state index contributed by atoms with van der Waals surface area (Å²) < 4.78 is 0. The number of aromatic nitrogens is 1. The first kappa shape index (κ1) is 27.2. The van der Waals surface area contributed by atoms with Crippen LogP contribution in [0.15, 0.2) is 59.9 Å². The van der Waals surface area contributed by atoms with E-state index in [1.165, 1.54) is 24.8 Å². The van der Waals surface area contributed by atoms with Crippen molar-refractivity contribution in [2.24, 2.45) is 4.99 Å². The van der Waals surface area contributed by atoms with Crippen molar-refractivity contribution in [3.63, 3.8) is 0 Å². The maximum absolute atomic E-state index is 13.0.